The molecule has 0 aliphatic carbocycles. The normalized spacial score (nSPS) is 12.0. The zero-order valence-electron chi connectivity index (χ0n) is 16.4. The highest BCUT2D eigenvalue weighted by Gasteiger charge is 2.30. The Morgan fingerprint density at radius 2 is 1.83 bits per heavy atom. The summed E-state index contributed by atoms with van der Waals surface area (Å²) in [6, 6.07) is 13.1. The zero-order valence-corrected chi connectivity index (χ0v) is 17.2. The van der Waals surface area contributed by atoms with Crippen molar-refractivity contribution in [3.63, 3.8) is 0 Å². The molecule has 0 saturated heterocycles. The highest BCUT2D eigenvalue weighted by atomic mass is 35.5. The van der Waals surface area contributed by atoms with Gasteiger partial charge in [0.1, 0.15) is 16.9 Å². The fourth-order valence-electron chi connectivity index (χ4n) is 3.24. The maximum atomic E-state index is 9.51. The van der Waals surface area contributed by atoms with Crippen LogP contribution in [0.2, 0.25) is 5.02 Å². The van der Waals surface area contributed by atoms with E-state index in [9.17, 15) is 10.2 Å². The Kier molecular flexibility index (Phi) is 5.62. The minimum absolute atomic E-state index is 0.261. The van der Waals surface area contributed by atoms with Gasteiger partial charge in [-0.05, 0) is 36.2 Å². The van der Waals surface area contributed by atoms with Crippen LogP contribution in [0.3, 0.4) is 0 Å². The van der Waals surface area contributed by atoms with Gasteiger partial charge in [-0.1, -0.05) is 42.2 Å². The van der Waals surface area contributed by atoms with Crippen LogP contribution in [0.5, 0.6) is 0 Å². The number of rotatable bonds is 7. The number of aliphatic hydroxyl groups is 2. The first-order valence-electron chi connectivity index (χ1n) is 9.65. The Bertz CT molecular complexity index is 1160. The number of halogens is 1. The van der Waals surface area contributed by atoms with E-state index in [-0.39, 0.29) is 5.76 Å². The second-order valence-corrected chi connectivity index (χ2v) is 7.73. The maximum absolute atomic E-state index is 9.51. The molecule has 0 radical (unpaired) electrons. The number of furan rings is 1. The molecule has 0 unspecified atom stereocenters. The molecule has 30 heavy (non-hydrogen) atoms. The standard InChI is InChI=1S/C22H22ClN3O4/c1-2-3-13-4-6-14(7-5-13)21-25-20(26-30-21)16-8-15-9-19(22(24,11-27)12-28)29-18(15)10-17(16)23/h4-10,27-28H,2-3,11-12,24H2,1H3. The Labute approximate surface area is 178 Å². The summed E-state index contributed by atoms with van der Waals surface area (Å²) in [4.78, 5) is 4.48. The smallest absolute Gasteiger partial charge is 0.258 e. The summed E-state index contributed by atoms with van der Waals surface area (Å²) in [5.41, 5.74) is 7.76. The van der Waals surface area contributed by atoms with E-state index in [0.717, 1.165) is 18.4 Å². The molecular weight excluding hydrogens is 406 g/mol. The van der Waals surface area contributed by atoms with Crippen molar-refractivity contribution in [3.05, 3.63) is 58.8 Å². The molecule has 4 N–H and O–H groups in total. The number of aromatic nitrogens is 2. The Morgan fingerprint density at radius 1 is 1.10 bits per heavy atom. The molecule has 7 nitrogen and oxygen atoms in total. The van der Waals surface area contributed by atoms with E-state index < -0.39 is 18.8 Å². The van der Waals surface area contributed by atoms with Gasteiger partial charge in [0, 0.05) is 22.6 Å². The molecule has 4 aromatic rings. The second kappa shape index (κ2) is 8.20. The van der Waals surface area contributed by atoms with Crippen LogP contribution in [0.4, 0.5) is 0 Å². The van der Waals surface area contributed by atoms with Crippen LogP contribution in [0.1, 0.15) is 24.7 Å². The average molecular weight is 428 g/mol. The first-order chi connectivity index (χ1) is 14.5. The molecule has 2 aromatic heterocycles. The SMILES string of the molecule is CCCc1ccc(-c2nc(-c3cc4cc(C(N)(CO)CO)oc4cc3Cl)no2)cc1. The van der Waals surface area contributed by atoms with E-state index in [0.29, 0.717) is 33.3 Å². The summed E-state index contributed by atoms with van der Waals surface area (Å²) >= 11 is 6.43. The molecule has 0 fully saturated rings. The monoisotopic (exact) mass is 427 g/mol. The number of fused-ring (bicyclic) bond motifs is 1. The van der Waals surface area contributed by atoms with E-state index in [1.54, 1.807) is 18.2 Å². The highest BCUT2D eigenvalue weighted by molar-refractivity contribution is 6.34. The quantitative estimate of drug-likeness (QED) is 0.409. The zero-order chi connectivity index (χ0) is 21.3. The summed E-state index contributed by atoms with van der Waals surface area (Å²) in [6.45, 7) is 1.22. The Balaban J connectivity index is 1.69. The van der Waals surface area contributed by atoms with Gasteiger partial charge >= 0.3 is 0 Å². The summed E-state index contributed by atoms with van der Waals surface area (Å²) in [6.07, 6.45) is 2.11. The van der Waals surface area contributed by atoms with Gasteiger partial charge in [-0.15, -0.1) is 0 Å². The Morgan fingerprint density at radius 3 is 2.50 bits per heavy atom. The molecular formula is C22H22ClN3O4. The van der Waals surface area contributed by atoms with Gasteiger partial charge < -0.3 is 24.9 Å². The van der Waals surface area contributed by atoms with Crippen LogP contribution < -0.4 is 5.73 Å². The van der Waals surface area contributed by atoms with Crippen molar-refractivity contribution < 1.29 is 19.2 Å². The van der Waals surface area contributed by atoms with Crippen molar-refractivity contribution >= 4 is 22.6 Å². The molecule has 0 amide bonds. The van der Waals surface area contributed by atoms with Gasteiger partial charge in [-0.25, -0.2) is 0 Å². The van der Waals surface area contributed by atoms with E-state index in [1.807, 2.05) is 12.1 Å². The maximum Gasteiger partial charge on any atom is 0.258 e. The van der Waals surface area contributed by atoms with Crippen LogP contribution in [0.25, 0.3) is 33.8 Å². The molecule has 0 aliphatic rings. The number of aliphatic hydroxyl groups excluding tert-OH is 2. The van der Waals surface area contributed by atoms with Crippen LogP contribution in [0.15, 0.2) is 51.4 Å². The second-order valence-electron chi connectivity index (χ2n) is 7.32. The number of hydrogen-bond acceptors (Lipinski definition) is 7. The van der Waals surface area contributed by atoms with Crippen molar-refractivity contribution in [1.82, 2.24) is 10.1 Å². The van der Waals surface area contributed by atoms with Crippen molar-refractivity contribution in [1.29, 1.82) is 0 Å². The summed E-state index contributed by atoms with van der Waals surface area (Å²) in [7, 11) is 0. The molecule has 0 spiro atoms. The molecule has 8 heteroatoms. The third-order valence-electron chi connectivity index (χ3n) is 5.07. The number of benzene rings is 2. The van der Waals surface area contributed by atoms with E-state index >= 15 is 0 Å². The van der Waals surface area contributed by atoms with Gasteiger partial charge in [-0.3, -0.25) is 0 Å². The van der Waals surface area contributed by atoms with Crippen LogP contribution in [-0.4, -0.2) is 33.6 Å². The van der Waals surface area contributed by atoms with Crippen molar-refractivity contribution in [2.75, 3.05) is 13.2 Å². The molecule has 0 bridgehead atoms. The minimum atomic E-state index is -1.38. The van der Waals surface area contributed by atoms with Gasteiger partial charge in [0.05, 0.1) is 18.2 Å². The molecule has 4 rings (SSSR count). The molecule has 0 aliphatic heterocycles. The summed E-state index contributed by atoms with van der Waals surface area (Å²) in [5.74, 6) is 1.01. The largest absolute Gasteiger partial charge is 0.459 e. The molecule has 0 saturated carbocycles. The number of nitrogens with two attached hydrogens (primary N) is 1. The summed E-state index contributed by atoms with van der Waals surface area (Å²) < 4.78 is 11.1. The van der Waals surface area contributed by atoms with Crippen LogP contribution in [-0.2, 0) is 12.0 Å². The van der Waals surface area contributed by atoms with E-state index in [2.05, 4.69) is 29.2 Å². The van der Waals surface area contributed by atoms with Gasteiger partial charge in [0.15, 0.2) is 0 Å². The number of aryl methyl sites for hydroxylation is 1. The van der Waals surface area contributed by atoms with Crippen LogP contribution in [0, 0.1) is 0 Å². The van der Waals surface area contributed by atoms with Gasteiger partial charge in [0.2, 0.25) is 5.82 Å². The topological polar surface area (TPSA) is 119 Å². The molecule has 156 valence electrons. The minimum Gasteiger partial charge on any atom is -0.459 e. The first-order valence-corrected chi connectivity index (χ1v) is 10.0. The number of nitrogens with zero attached hydrogens (tertiary/aromatic N) is 2. The van der Waals surface area contributed by atoms with Crippen molar-refractivity contribution in [2.24, 2.45) is 5.73 Å². The Hall–Kier alpha value is -2.71. The van der Waals surface area contributed by atoms with Crippen LogP contribution >= 0.6 is 11.6 Å². The third-order valence-corrected chi connectivity index (χ3v) is 5.38. The predicted molar refractivity (Wildman–Crippen MR) is 114 cm³/mol. The van der Waals surface area contributed by atoms with Gasteiger partial charge in [-0.2, -0.15) is 4.98 Å². The lowest BCUT2D eigenvalue weighted by Gasteiger charge is -2.21. The fraction of sp³-hybridized carbons (Fsp3) is 0.273. The van der Waals surface area contributed by atoms with E-state index in [1.165, 1.54) is 5.56 Å². The van der Waals surface area contributed by atoms with E-state index in [4.69, 9.17) is 26.3 Å². The third kappa shape index (κ3) is 3.73. The number of hydrogen-bond donors (Lipinski definition) is 3. The van der Waals surface area contributed by atoms with Crippen molar-refractivity contribution in [2.45, 2.75) is 25.3 Å². The van der Waals surface area contributed by atoms with Crippen molar-refractivity contribution in [3.8, 4) is 22.8 Å². The predicted octanol–water partition coefficient (Wildman–Crippen LogP) is 3.89. The molecule has 2 aromatic carbocycles. The average Bonchev–Trinajstić information content (AvgIpc) is 3.40. The summed E-state index contributed by atoms with van der Waals surface area (Å²) in [5, 5.41) is 24.2. The fourth-order valence-corrected chi connectivity index (χ4v) is 3.48. The molecule has 2 heterocycles. The molecule has 0 atom stereocenters. The van der Waals surface area contributed by atoms with Gasteiger partial charge in [0.25, 0.3) is 5.89 Å². The highest BCUT2D eigenvalue weighted by Crippen LogP contribution is 2.35. The lowest BCUT2D eigenvalue weighted by atomic mass is 10.00. The lowest BCUT2D eigenvalue weighted by Crippen LogP contribution is -2.43. The lowest BCUT2D eigenvalue weighted by molar-refractivity contribution is 0.105. The first kappa shape index (κ1) is 20.6.